The third-order valence-electron chi connectivity index (χ3n) is 2.07. The van der Waals surface area contributed by atoms with Gasteiger partial charge in [-0.15, -0.1) is 0 Å². The summed E-state index contributed by atoms with van der Waals surface area (Å²) in [6.07, 6.45) is 0. The van der Waals surface area contributed by atoms with Gasteiger partial charge in [-0.25, -0.2) is 0 Å². The highest BCUT2D eigenvalue weighted by Gasteiger charge is 2.20. The number of hydrogen-bond acceptors (Lipinski definition) is 3. The largest absolute Gasteiger partial charge is 0.350 e. The second-order valence-corrected chi connectivity index (χ2v) is 5.00. The standard InChI is InChI=1S/C11H23N3O2/c1-8(12-5)10(16)14(6)7-9(15)13-11(2,3)4/h8,12H,7H2,1-6H3,(H,13,15). The van der Waals surface area contributed by atoms with E-state index < -0.39 is 0 Å². The molecule has 94 valence electrons. The van der Waals surface area contributed by atoms with Gasteiger partial charge in [-0.05, 0) is 34.7 Å². The Kier molecular flexibility index (Phi) is 5.44. The van der Waals surface area contributed by atoms with Crippen LogP contribution in [0.2, 0.25) is 0 Å². The lowest BCUT2D eigenvalue weighted by Gasteiger charge is -2.24. The zero-order valence-corrected chi connectivity index (χ0v) is 11.0. The molecule has 0 aliphatic carbocycles. The first-order valence-electron chi connectivity index (χ1n) is 5.40. The highest BCUT2D eigenvalue weighted by atomic mass is 16.2. The summed E-state index contributed by atoms with van der Waals surface area (Å²) in [6, 6.07) is -0.271. The van der Waals surface area contributed by atoms with Crippen LogP contribution in [0.15, 0.2) is 0 Å². The summed E-state index contributed by atoms with van der Waals surface area (Å²) in [5.41, 5.74) is -0.268. The Morgan fingerprint density at radius 1 is 1.31 bits per heavy atom. The smallest absolute Gasteiger partial charge is 0.240 e. The Hall–Kier alpha value is -1.10. The summed E-state index contributed by atoms with van der Waals surface area (Å²) in [6.45, 7) is 7.57. The van der Waals surface area contributed by atoms with Crippen molar-refractivity contribution in [2.24, 2.45) is 0 Å². The maximum atomic E-state index is 11.7. The van der Waals surface area contributed by atoms with Gasteiger partial charge in [0.05, 0.1) is 12.6 Å². The van der Waals surface area contributed by atoms with Crippen molar-refractivity contribution < 1.29 is 9.59 Å². The summed E-state index contributed by atoms with van der Waals surface area (Å²) in [5.74, 6) is -0.238. The second kappa shape index (κ2) is 5.84. The van der Waals surface area contributed by atoms with Gasteiger partial charge in [0.25, 0.3) is 0 Å². The number of likely N-dealkylation sites (N-methyl/N-ethyl adjacent to an activating group) is 2. The molecule has 5 nitrogen and oxygen atoms in total. The van der Waals surface area contributed by atoms with Crippen molar-refractivity contribution >= 4 is 11.8 Å². The van der Waals surface area contributed by atoms with E-state index in [1.807, 2.05) is 20.8 Å². The summed E-state index contributed by atoms with van der Waals surface area (Å²) < 4.78 is 0. The summed E-state index contributed by atoms with van der Waals surface area (Å²) >= 11 is 0. The minimum Gasteiger partial charge on any atom is -0.350 e. The number of amides is 2. The fraction of sp³-hybridized carbons (Fsp3) is 0.818. The molecule has 0 bridgehead atoms. The minimum atomic E-state index is -0.271. The number of rotatable bonds is 4. The third-order valence-corrected chi connectivity index (χ3v) is 2.07. The maximum absolute atomic E-state index is 11.7. The lowest BCUT2D eigenvalue weighted by Crippen LogP contribution is -2.49. The summed E-state index contributed by atoms with van der Waals surface area (Å²) in [7, 11) is 3.34. The first-order chi connectivity index (χ1) is 7.17. The van der Waals surface area contributed by atoms with Gasteiger partial charge < -0.3 is 15.5 Å². The molecule has 0 fully saturated rings. The average molecular weight is 229 g/mol. The first kappa shape index (κ1) is 14.9. The van der Waals surface area contributed by atoms with Crippen LogP contribution in [-0.4, -0.2) is 48.9 Å². The van der Waals surface area contributed by atoms with Crippen LogP contribution in [0.4, 0.5) is 0 Å². The van der Waals surface area contributed by atoms with E-state index in [9.17, 15) is 9.59 Å². The molecule has 2 amide bonds. The average Bonchev–Trinajstić information content (AvgIpc) is 2.12. The number of nitrogens with one attached hydrogen (secondary N) is 2. The molecule has 0 spiro atoms. The molecule has 0 aromatic heterocycles. The van der Waals surface area contributed by atoms with Gasteiger partial charge in [0.15, 0.2) is 0 Å². The zero-order valence-electron chi connectivity index (χ0n) is 11.0. The fourth-order valence-electron chi connectivity index (χ4n) is 1.21. The quantitative estimate of drug-likeness (QED) is 0.711. The Morgan fingerprint density at radius 2 is 1.81 bits per heavy atom. The molecule has 1 atom stereocenters. The van der Waals surface area contributed by atoms with Gasteiger partial charge in [-0.2, -0.15) is 0 Å². The van der Waals surface area contributed by atoms with Gasteiger partial charge in [-0.1, -0.05) is 0 Å². The molecule has 16 heavy (non-hydrogen) atoms. The molecule has 0 saturated heterocycles. The Morgan fingerprint density at radius 3 is 2.19 bits per heavy atom. The highest BCUT2D eigenvalue weighted by molar-refractivity contribution is 5.87. The van der Waals surface area contributed by atoms with E-state index in [2.05, 4.69) is 10.6 Å². The van der Waals surface area contributed by atoms with Crippen LogP contribution in [0.25, 0.3) is 0 Å². The van der Waals surface area contributed by atoms with Crippen molar-refractivity contribution in [2.45, 2.75) is 39.3 Å². The number of carbonyl (C=O) groups is 2. The number of nitrogens with zero attached hydrogens (tertiary/aromatic N) is 1. The molecule has 2 N–H and O–H groups in total. The van der Waals surface area contributed by atoms with Gasteiger partial charge in [-0.3, -0.25) is 9.59 Å². The van der Waals surface area contributed by atoms with Crippen molar-refractivity contribution in [1.82, 2.24) is 15.5 Å². The van der Waals surface area contributed by atoms with Crippen LogP contribution in [0.5, 0.6) is 0 Å². The Labute approximate surface area is 97.6 Å². The number of hydrogen-bond donors (Lipinski definition) is 2. The van der Waals surface area contributed by atoms with E-state index in [0.29, 0.717) is 0 Å². The SMILES string of the molecule is CNC(C)C(=O)N(C)CC(=O)NC(C)(C)C. The van der Waals surface area contributed by atoms with Crippen LogP contribution in [-0.2, 0) is 9.59 Å². The van der Waals surface area contributed by atoms with Crippen LogP contribution in [0.3, 0.4) is 0 Å². The highest BCUT2D eigenvalue weighted by Crippen LogP contribution is 1.99. The van der Waals surface area contributed by atoms with Gasteiger partial charge in [0.2, 0.25) is 11.8 Å². The molecular formula is C11H23N3O2. The topological polar surface area (TPSA) is 61.4 Å². The Balaban J connectivity index is 4.20. The summed E-state index contributed by atoms with van der Waals surface area (Å²) in [5, 5.41) is 5.65. The molecule has 0 aliphatic heterocycles. The van der Waals surface area contributed by atoms with E-state index in [1.165, 1.54) is 4.90 Å². The molecule has 0 aliphatic rings. The van der Waals surface area contributed by atoms with E-state index in [1.54, 1.807) is 21.0 Å². The van der Waals surface area contributed by atoms with Crippen LogP contribution in [0.1, 0.15) is 27.7 Å². The van der Waals surface area contributed by atoms with Crippen molar-refractivity contribution in [3.63, 3.8) is 0 Å². The zero-order chi connectivity index (χ0) is 12.9. The van der Waals surface area contributed by atoms with Crippen molar-refractivity contribution in [2.75, 3.05) is 20.6 Å². The molecular weight excluding hydrogens is 206 g/mol. The normalized spacial score (nSPS) is 13.1. The van der Waals surface area contributed by atoms with E-state index in [4.69, 9.17) is 0 Å². The third kappa shape index (κ3) is 5.70. The molecule has 1 unspecified atom stereocenters. The molecule has 0 radical (unpaired) electrons. The van der Waals surface area contributed by atoms with E-state index >= 15 is 0 Å². The fourth-order valence-corrected chi connectivity index (χ4v) is 1.21. The molecule has 0 aromatic rings. The van der Waals surface area contributed by atoms with Crippen LogP contribution >= 0.6 is 0 Å². The maximum Gasteiger partial charge on any atom is 0.240 e. The predicted molar refractivity (Wildman–Crippen MR) is 64.1 cm³/mol. The van der Waals surface area contributed by atoms with Crippen molar-refractivity contribution in [3.05, 3.63) is 0 Å². The van der Waals surface area contributed by atoms with E-state index in [-0.39, 0.29) is 29.9 Å². The van der Waals surface area contributed by atoms with Crippen molar-refractivity contribution in [1.29, 1.82) is 0 Å². The monoisotopic (exact) mass is 229 g/mol. The minimum absolute atomic E-state index is 0.0854. The first-order valence-corrected chi connectivity index (χ1v) is 5.40. The van der Waals surface area contributed by atoms with Gasteiger partial charge in [0.1, 0.15) is 0 Å². The van der Waals surface area contributed by atoms with Crippen LogP contribution < -0.4 is 10.6 Å². The van der Waals surface area contributed by atoms with Crippen LogP contribution in [0, 0.1) is 0 Å². The lowest BCUT2D eigenvalue weighted by molar-refractivity contribution is -0.136. The molecule has 0 saturated carbocycles. The molecule has 0 rings (SSSR count). The molecule has 0 heterocycles. The molecule has 5 heteroatoms. The van der Waals surface area contributed by atoms with E-state index in [0.717, 1.165) is 0 Å². The number of carbonyl (C=O) groups excluding carboxylic acids is 2. The second-order valence-electron chi connectivity index (χ2n) is 5.00. The molecule has 0 aromatic carbocycles. The van der Waals surface area contributed by atoms with Crippen molar-refractivity contribution in [3.8, 4) is 0 Å². The summed E-state index contributed by atoms with van der Waals surface area (Å²) in [4.78, 5) is 24.6. The van der Waals surface area contributed by atoms with Gasteiger partial charge in [0, 0.05) is 12.6 Å². The lowest BCUT2D eigenvalue weighted by atomic mass is 10.1. The van der Waals surface area contributed by atoms with Gasteiger partial charge >= 0.3 is 0 Å². The predicted octanol–water partition coefficient (Wildman–Crippen LogP) is -0.0326. The Bertz CT molecular complexity index is 258.